The number of ketones is 1. The van der Waals surface area contributed by atoms with Crippen molar-refractivity contribution in [3.05, 3.63) is 23.8 Å². The fourth-order valence-electron chi connectivity index (χ4n) is 2.64. The summed E-state index contributed by atoms with van der Waals surface area (Å²) in [7, 11) is 0. The van der Waals surface area contributed by atoms with E-state index in [0.717, 1.165) is 12.8 Å². The molecule has 0 aliphatic heterocycles. The standard InChI is InChI=1S/C22H33NO6/c1-5-12-28-18-10-8-16(14-19(18)29-13-6-2)17(24)9-11-20(25)23-21(22(26)27)15(4)7-3/h8,10,14-15,21H,5-7,9,11-13H2,1-4H3,(H,23,25)(H,26,27)/t15-,21+/m1/s1. The lowest BCUT2D eigenvalue weighted by Crippen LogP contribution is -2.45. The van der Waals surface area contributed by atoms with Crippen LogP contribution in [0.1, 0.15) is 70.2 Å². The van der Waals surface area contributed by atoms with Gasteiger partial charge in [0.05, 0.1) is 13.2 Å². The Hall–Kier alpha value is -2.57. The Labute approximate surface area is 172 Å². The van der Waals surface area contributed by atoms with E-state index in [2.05, 4.69) is 5.32 Å². The number of aliphatic carboxylic acids is 1. The van der Waals surface area contributed by atoms with Crippen LogP contribution in [0, 0.1) is 5.92 Å². The second-order valence-corrected chi connectivity index (χ2v) is 7.05. The highest BCUT2D eigenvalue weighted by Crippen LogP contribution is 2.29. The van der Waals surface area contributed by atoms with Gasteiger partial charge in [0.15, 0.2) is 17.3 Å². The summed E-state index contributed by atoms with van der Waals surface area (Å²) in [4.78, 5) is 36.0. The zero-order chi connectivity index (χ0) is 21.8. The molecule has 1 rings (SSSR count). The normalized spacial score (nSPS) is 12.7. The van der Waals surface area contributed by atoms with Gasteiger partial charge in [-0.05, 0) is 37.0 Å². The first-order valence-corrected chi connectivity index (χ1v) is 10.3. The minimum absolute atomic E-state index is 0.0128. The van der Waals surface area contributed by atoms with E-state index >= 15 is 0 Å². The molecule has 0 unspecified atom stereocenters. The molecule has 0 bridgehead atoms. The van der Waals surface area contributed by atoms with E-state index in [4.69, 9.17) is 9.47 Å². The first-order valence-electron chi connectivity index (χ1n) is 10.3. The van der Waals surface area contributed by atoms with Crippen molar-refractivity contribution in [2.75, 3.05) is 13.2 Å². The van der Waals surface area contributed by atoms with Crippen molar-refractivity contribution < 1.29 is 29.0 Å². The van der Waals surface area contributed by atoms with Crippen LogP contribution in [-0.2, 0) is 9.59 Å². The third-order valence-corrected chi connectivity index (χ3v) is 4.56. The Kier molecular flexibility index (Phi) is 10.8. The highest BCUT2D eigenvalue weighted by molar-refractivity contribution is 5.98. The zero-order valence-corrected chi connectivity index (χ0v) is 17.8. The molecule has 7 nitrogen and oxygen atoms in total. The molecule has 0 heterocycles. The number of carbonyl (C=O) groups excluding carboxylic acids is 2. The lowest BCUT2D eigenvalue weighted by atomic mass is 9.99. The van der Waals surface area contributed by atoms with E-state index in [1.165, 1.54) is 0 Å². The molecule has 0 saturated carbocycles. The van der Waals surface area contributed by atoms with Gasteiger partial charge in [-0.25, -0.2) is 4.79 Å². The fourth-order valence-corrected chi connectivity index (χ4v) is 2.64. The SMILES string of the molecule is CCCOc1ccc(C(=O)CCC(=O)N[C@H](C(=O)O)[C@H](C)CC)cc1OCCC. The van der Waals surface area contributed by atoms with Crippen molar-refractivity contribution in [3.8, 4) is 11.5 Å². The minimum atomic E-state index is -1.07. The molecule has 7 heteroatoms. The van der Waals surface area contributed by atoms with Crippen molar-refractivity contribution in [3.63, 3.8) is 0 Å². The molecule has 1 aromatic carbocycles. The van der Waals surface area contributed by atoms with Crippen molar-refractivity contribution in [2.45, 2.75) is 65.8 Å². The number of rotatable bonds is 14. The predicted octanol–water partition coefficient (Wildman–Crippen LogP) is 3.84. The summed E-state index contributed by atoms with van der Waals surface area (Å²) in [5, 5.41) is 11.8. The summed E-state index contributed by atoms with van der Waals surface area (Å²) in [5.74, 6) is -0.818. The number of hydrogen-bond acceptors (Lipinski definition) is 5. The minimum Gasteiger partial charge on any atom is -0.490 e. The van der Waals surface area contributed by atoms with Gasteiger partial charge in [-0.1, -0.05) is 34.1 Å². The van der Waals surface area contributed by atoms with E-state index in [0.29, 0.717) is 36.7 Å². The lowest BCUT2D eigenvalue weighted by Gasteiger charge is -2.20. The van der Waals surface area contributed by atoms with Crippen molar-refractivity contribution in [2.24, 2.45) is 5.92 Å². The van der Waals surface area contributed by atoms with E-state index in [9.17, 15) is 19.5 Å². The monoisotopic (exact) mass is 407 g/mol. The molecular weight excluding hydrogens is 374 g/mol. The molecule has 0 aromatic heterocycles. The molecule has 0 spiro atoms. The maximum Gasteiger partial charge on any atom is 0.326 e. The van der Waals surface area contributed by atoms with Crippen LogP contribution in [0.3, 0.4) is 0 Å². The maximum atomic E-state index is 12.5. The van der Waals surface area contributed by atoms with Gasteiger partial charge in [0.1, 0.15) is 6.04 Å². The van der Waals surface area contributed by atoms with Crippen LogP contribution in [0.5, 0.6) is 11.5 Å². The van der Waals surface area contributed by atoms with Crippen LogP contribution in [0.2, 0.25) is 0 Å². The molecule has 29 heavy (non-hydrogen) atoms. The number of carboxylic acid groups (broad SMARTS) is 1. The average molecular weight is 408 g/mol. The van der Waals surface area contributed by atoms with Gasteiger partial charge in [0.2, 0.25) is 5.91 Å². The number of Topliss-reactive ketones (excluding diaryl/α,β-unsaturated/α-hetero) is 1. The topological polar surface area (TPSA) is 102 Å². The second kappa shape index (κ2) is 12.8. The molecule has 1 aromatic rings. The summed E-state index contributed by atoms with van der Waals surface area (Å²) in [6.45, 7) is 8.69. The van der Waals surface area contributed by atoms with Gasteiger partial charge in [-0.2, -0.15) is 0 Å². The van der Waals surface area contributed by atoms with Gasteiger partial charge in [-0.15, -0.1) is 0 Å². The third-order valence-electron chi connectivity index (χ3n) is 4.56. The zero-order valence-electron chi connectivity index (χ0n) is 17.8. The van der Waals surface area contributed by atoms with Crippen molar-refractivity contribution in [1.29, 1.82) is 0 Å². The molecule has 162 valence electrons. The van der Waals surface area contributed by atoms with Crippen molar-refractivity contribution >= 4 is 17.7 Å². The van der Waals surface area contributed by atoms with Gasteiger partial charge < -0.3 is 19.9 Å². The van der Waals surface area contributed by atoms with E-state index < -0.39 is 17.9 Å². The van der Waals surface area contributed by atoms with E-state index in [-0.39, 0.29) is 24.5 Å². The largest absolute Gasteiger partial charge is 0.490 e. The summed E-state index contributed by atoms with van der Waals surface area (Å²) in [6.07, 6.45) is 2.23. The highest BCUT2D eigenvalue weighted by Gasteiger charge is 2.25. The molecule has 0 aliphatic rings. The van der Waals surface area contributed by atoms with Crippen LogP contribution in [0.4, 0.5) is 0 Å². The molecule has 0 aliphatic carbocycles. The Bertz CT molecular complexity index is 688. The number of ether oxygens (including phenoxy) is 2. The van der Waals surface area contributed by atoms with Crippen molar-refractivity contribution in [1.82, 2.24) is 5.32 Å². The Balaban J connectivity index is 2.75. The highest BCUT2D eigenvalue weighted by atomic mass is 16.5. The second-order valence-electron chi connectivity index (χ2n) is 7.05. The van der Waals surface area contributed by atoms with E-state index in [1.807, 2.05) is 20.8 Å². The Morgan fingerprint density at radius 3 is 2.17 bits per heavy atom. The molecule has 0 radical (unpaired) electrons. The molecule has 2 N–H and O–H groups in total. The Morgan fingerprint density at radius 2 is 1.62 bits per heavy atom. The fraction of sp³-hybridized carbons (Fsp3) is 0.591. The number of hydrogen-bond donors (Lipinski definition) is 2. The lowest BCUT2D eigenvalue weighted by molar-refractivity contribution is -0.143. The molecule has 0 fully saturated rings. The quantitative estimate of drug-likeness (QED) is 0.454. The van der Waals surface area contributed by atoms with Gasteiger partial charge in [0.25, 0.3) is 0 Å². The Morgan fingerprint density at radius 1 is 1.00 bits per heavy atom. The van der Waals surface area contributed by atoms with Crippen LogP contribution in [0.15, 0.2) is 18.2 Å². The summed E-state index contributed by atoms with van der Waals surface area (Å²) in [6, 6.07) is 4.05. The molecule has 2 atom stereocenters. The maximum absolute atomic E-state index is 12.5. The molecular formula is C22H33NO6. The molecule has 0 saturated heterocycles. The number of benzene rings is 1. The van der Waals surface area contributed by atoms with Crippen LogP contribution in [0.25, 0.3) is 0 Å². The molecule has 1 amide bonds. The average Bonchev–Trinajstić information content (AvgIpc) is 2.72. The number of carbonyl (C=O) groups is 3. The summed E-state index contributed by atoms with van der Waals surface area (Å²) in [5.41, 5.74) is 0.435. The van der Waals surface area contributed by atoms with Gasteiger partial charge in [0, 0.05) is 18.4 Å². The number of carboxylic acids is 1. The summed E-state index contributed by atoms with van der Waals surface area (Å²) < 4.78 is 11.4. The first-order chi connectivity index (χ1) is 13.8. The van der Waals surface area contributed by atoms with Crippen LogP contribution in [-0.4, -0.2) is 42.0 Å². The third kappa shape index (κ3) is 8.13. The van der Waals surface area contributed by atoms with Crippen LogP contribution < -0.4 is 14.8 Å². The predicted molar refractivity (Wildman–Crippen MR) is 111 cm³/mol. The summed E-state index contributed by atoms with van der Waals surface area (Å²) >= 11 is 0. The van der Waals surface area contributed by atoms with E-state index in [1.54, 1.807) is 25.1 Å². The number of nitrogens with one attached hydrogen (secondary N) is 1. The smallest absolute Gasteiger partial charge is 0.326 e. The van der Waals surface area contributed by atoms with Crippen LogP contribution >= 0.6 is 0 Å². The van der Waals surface area contributed by atoms with Gasteiger partial charge in [-0.3, -0.25) is 9.59 Å². The first kappa shape index (κ1) is 24.5. The van der Waals surface area contributed by atoms with Gasteiger partial charge >= 0.3 is 5.97 Å². The number of amides is 1.